The predicted molar refractivity (Wildman–Crippen MR) is 86.0 cm³/mol. The highest BCUT2D eigenvalue weighted by Crippen LogP contribution is 2.35. The molecule has 0 aromatic rings. The normalized spacial score (nSPS) is 38.4. The molecule has 1 spiro atoms. The van der Waals surface area contributed by atoms with Crippen LogP contribution in [0.2, 0.25) is 0 Å². The topological polar surface area (TPSA) is 15.3 Å². The first kappa shape index (κ1) is 14.8. The molecular weight excluding hydrogens is 244 g/mol. The van der Waals surface area contributed by atoms with Gasteiger partial charge in [0.25, 0.3) is 0 Å². The van der Waals surface area contributed by atoms with Crippen LogP contribution in [0.15, 0.2) is 0 Å². The number of nitrogens with one attached hydrogen (secondary N) is 1. The van der Waals surface area contributed by atoms with E-state index in [2.05, 4.69) is 24.1 Å². The van der Waals surface area contributed by atoms with Crippen molar-refractivity contribution in [3.63, 3.8) is 0 Å². The van der Waals surface area contributed by atoms with Crippen molar-refractivity contribution in [3.05, 3.63) is 0 Å². The number of hydrogen-bond donors (Lipinski definition) is 1. The van der Waals surface area contributed by atoms with Gasteiger partial charge in [-0.1, -0.05) is 39.5 Å². The van der Waals surface area contributed by atoms with E-state index in [1.54, 1.807) is 0 Å². The molecular formula is C18H34N2. The summed E-state index contributed by atoms with van der Waals surface area (Å²) in [4.78, 5) is 2.88. The Hall–Kier alpha value is -0.0800. The fraction of sp³-hybridized carbons (Fsp3) is 1.00. The van der Waals surface area contributed by atoms with E-state index in [0.29, 0.717) is 5.54 Å². The van der Waals surface area contributed by atoms with E-state index >= 15 is 0 Å². The van der Waals surface area contributed by atoms with Crippen molar-refractivity contribution in [1.29, 1.82) is 0 Å². The summed E-state index contributed by atoms with van der Waals surface area (Å²) >= 11 is 0. The molecule has 2 nitrogen and oxygen atoms in total. The summed E-state index contributed by atoms with van der Waals surface area (Å²) in [5.41, 5.74) is 0.480. The first-order valence-corrected chi connectivity index (χ1v) is 9.20. The molecule has 0 aromatic carbocycles. The molecule has 3 fully saturated rings. The zero-order valence-corrected chi connectivity index (χ0v) is 13.7. The lowest BCUT2D eigenvalue weighted by atomic mass is 9.79. The molecule has 2 heteroatoms. The second kappa shape index (κ2) is 6.36. The molecule has 0 bridgehead atoms. The van der Waals surface area contributed by atoms with Crippen LogP contribution in [-0.4, -0.2) is 36.1 Å². The van der Waals surface area contributed by atoms with Crippen LogP contribution in [0.25, 0.3) is 0 Å². The van der Waals surface area contributed by atoms with Gasteiger partial charge in [0.05, 0.1) is 0 Å². The van der Waals surface area contributed by atoms with E-state index in [1.807, 2.05) is 0 Å². The minimum atomic E-state index is 0.480. The Morgan fingerprint density at radius 1 is 1.15 bits per heavy atom. The average Bonchev–Trinajstić information content (AvgIpc) is 2.85. The smallest absolute Gasteiger partial charge is 0.0309 e. The van der Waals surface area contributed by atoms with Crippen molar-refractivity contribution in [2.75, 3.05) is 19.6 Å². The van der Waals surface area contributed by atoms with Crippen LogP contribution in [0, 0.1) is 11.8 Å². The van der Waals surface area contributed by atoms with Gasteiger partial charge in [-0.25, -0.2) is 0 Å². The molecule has 1 saturated heterocycles. The molecule has 0 radical (unpaired) electrons. The summed E-state index contributed by atoms with van der Waals surface area (Å²) in [5.74, 6) is 1.96. The largest absolute Gasteiger partial charge is 0.308 e. The average molecular weight is 278 g/mol. The Bertz CT molecular complexity index is 309. The molecule has 3 unspecified atom stereocenters. The van der Waals surface area contributed by atoms with Crippen molar-refractivity contribution >= 4 is 0 Å². The second-order valence-electron chi connectivity index (χ2n) is 8.00. The second-order valence-corrected chi connectivity index (χ2v) is 8.00. The number of hydrogen-bond acceptors (Lipinski definition) is 2. The summed E-state index contributed by atoms with van der Waals surface area (Å²) in [6.07, 6.45) is 12.9. The lowest BCUT2D eigenvalue weighted by molar-refractivity contribution is 0.0429. The Labute approximate surface area is 125 Å². The first-order chi connectivity index (χ1) is 9.71. The minimum Gasteiger partial charge on any atom is -0.308 e. The quantitative estimate of drug-likeness (QED) is 0.844. The van der Waals surface area contributed by atoms with E-state index in [4.69, 9.17) is 0 Å². The molecule has 3 rings (SSSR count). The molecule has 116 valence electrons. The zero-order valence-electron chi connectivity index (χ0n) is 13.7. The molecule has 0 aromatic heterocycles. The van der Waals surface area contributed by atoms with Gasteiger partial charge in [-0.15, -0.1) is 0 Å². The van der Waals surface area contributed by atoms with Crippen LogP contribution in [0.4, 0.5) is 0 Å². The molecule has 3 aliphatic rings. The standard InChI is InChI=1S/C18H34N2/c1-3-17-12-19-18(9-5-4-6-10-18)14-20(17)13-16-8-7-15(2)11-16/h15-17,19H,3-14H2,1-2H3. The maximum atomic E-state index is 3.96. The summed E-state index contributed by atoms with van der Waals surface area (Å²) in [6, 6.07) is 0.790. The van der Waals surface area contributed by atoms with E-state index in [1.165, 1.54) is 77.4 Å². The molecule has 1 heterocycles. The van der Waals surface area contributed by atoms with E-state index < -0.39 is 0 Å². The maximum Gasteiger partial charge on any atom is 0.0309 e. The van der Waals surface area contributed by atoms with Gasteiger partial charge in [0.1, 0.15) is 0 Å². The van der Waals surface area contributed by atoms with Crippen LogP contribution < -0.4 is 5.32 Å². The Morgan fingerprint density at radius 2 is 1.95 bits per heavy atom. The van der Waals surface area contributed by atoms with Crippen LogP contribution in [0.3, 0.4) is 0 Å². The number of nitrogens with zero attached hydrogens (tertiary/aromatic N) is 1. The molecule has 20 heavy (non-hydrogen) atoms. The van der Waals surface area contributed by atoms with E-state index in [-0.39, 0.29) is 0 Å². The van der Waals surface area contributed by atoms with Crippen molar-refractivity contribution in [3.8, 4) is 0 Å². The lowest BCUT2D eigenvalue weighted by Gasteiger charge is -2.50. The van der Waals surface area contributed by atoms with Crippen LogP contribution in [0.5, 0.6) is 0 Å². The van der Waals surface area contributed by atoms with Crippen LogP contribution in [0.1, 0.15) is 71.6 Å². The Kier molecular flexibility index (Phi) is 4.72. The van der Waals surface area contributed by atoms with E-state index in [0.717, 1.165) is 17.9 Å². The van der Waals surface area contributed by atoms with Gasteiger partial charge in [0, 0.05) is 31.2 Å². The fourth-order valence-corrected chi connectivity index (χ4v) is 5.04. The van der Waals surface area contributed by atoms with Crippen molar-refractivity contribution in [2.45, 2.75) is 83.2 Å². The number of rotatable bonds is 3. The van der Waals surface area contributed by atoms with Gasteiger partial charge in [-0.3, -0.25) is 4.90 Å². The Balaban J connectivity index is 1.62. The number of piperazine rings is 1. The highest BCUT2D eigenvalue weighted by molar-refractivity contribution is 5.00. The third kappa shape index (κ3) is 3.22. The molecule has 1 aliphatic heterocycles. The van der Waals surface area contributed by atoms with Gasteiger partial charge in [0.2, 0.25) is 0 Å². The highest BCUT2D eigenvalue weighted by Gasteiger charge is 2.40. The predicted octanol–water partition coefficient (Wildman–Crippen LogP) is 3.81. The van der Waals surface area contributed by atoms with Crippen LogP contribution in [-0.2, 0) is 0 Å². The maximum absolute atomic E-state index is 3.96. The third-order valence-electron chi connectivity index (χ3n) is 6.31. The summed E-state index contributed by atoms with van der Waals surface area (Å²) in [7, 11) is 0. The first-order valence-electron chi connectivity index (χ1n) is 9.20. The van der Waals surface area contributed by atoms with Gasteiger partial charge in [0.15, 0.2) is 0 Å². The van der Waals surface area contributed by atoms with Gasteiger partial charge in [-0.2, -0.15) is 0 Å². The third-order valence-corrected chi connectivity index (χ3v) is 6.31. The SMILES string of the molecule is CCC1CNC2(CCCCC2)CN1CC1CCC(C)C1. The molecule has 0 amide bonds. The Morgan fingerprint density at radius 3 is 2.60 bits per heavy atom. The van der Waals surface area contributed by atoms with Crippen molar-refractivity contribution in [1.82, 2.24) is 10.2 Å². The van der Waals surface area contributed by atoms with Gasteiger partial charge in [-0.05, 0) is 43.9 Å². The van der Waals surface area contributed by atoms with Gasteiger partial charge < -0.3 is 5.32 Å². The summed E-state index contributed by atoms with van der Waals surface area (Å²) in [6.45, 7) is 8.76. The van der Waals surface area contributed by atoms with E-state index in [9.17, 15) is 0 Å². The zero-order chi connectivity index (χ0) is 14.0. The molecule has 3 atom stereocenters. The highest BCUT2D eigenvalue weighted by atomic mass is 15.3. The monoisotopic (exact) mass is 278 g/mol. The van der Waals surface area contributed by atoms with Gasteiger partial charge >= 0.3 is 0 Å². The molecule has 1 N–H and O–H groups in total. The lowest BCUT2D eigenvalue weighted by Crippen LogP contribution is -2.65. The van der Waals surface area contributed by atoms with Crippen molar-refractivity contribution in [2.24, 2.45) is 11.8 Å². The summed E-state index contributed by atoms with van der Waals surface area (Å²) in [5, 5.41) is 3.96. The molecule has 2 saturated carbocycles. The molecule has 2 aliphatic carbocycles. The van der Waals surface area contributed by atoms with Crippen LogP contribution >= 0.6 is 0 Å². The minimum absolute atomic E-state index is 0.480. The fourth-order valence-electron chi connectivity index (χ4n) is 5.04. The van der Waals surface area contributed by atoms with Crippen molar-refractivity contribution < 1.29 is 0 Å². The summed E-state index contributed by atoms with van der Waals surface area (Å²) < 4.78 is 0.